The van der Waals surface area contributed by atoms with Crippen molar-refractivity contribution in [2.24, 2.45) is 0 Å². The van der Waals surface area contributed by atoms with Gasteiger partial charge in [-0.3, -0.25) is 0 Å². The molecule has 0 spiro atoms. The molecular weight excluding hydrogens is 267 g/mol. The predicted octanol–water partition coefficient (Wildman–Crippen LogP) is 1.15. The summed E-state index contributed by atoms with van der Waals surface area (Å²) in [6.45, 7) is 0.633. The summed E-state index contributed by atoms with van der Waals surface area (Å²) in [4.78, 5) is 3.88. The zero-order valence-electron chi connectivity index (χ0n) is 7.78. The van der Waals surface area contributed by atoms with Crippen LogP contribution in [0.4, 0.5) is 10.2 Å². The molecule has 1 aliphatic heterocycles. The maximum atomic E-state index is 13.4. The Morgan fingerprint density at radius 3 is 3.00 bits per heavy atom. The molecule has 1 saturated heterocycles. The maximum absolute atomic E-state index is 13.4. The van der Waals surface area contributed by atoms with Crippen molar-refractivity contribution >= 4 is 21.7 Å². The molecule has 0 saturated carbocycles. The van der Waals surface area contributed by atoms with Crippen molar-refractivity contribution in [2.75, 3.05) is 18.5 Å². The second-order valence-electron chi connectivity index (χ2n) is 3.34. The van der Waals surface area contributed by atoms with Crippen molar-refractivity contribution in [1.29, 1.82) is 0 Å². The molecule has 15 heavy (non-hydrogen) atoms. The predicted molar refractivity (Wildman–Crippen MR) is 56.1 cm³/mol. The van der Waals surface area contributed by atoms with Gasteiger partial charge in [0.05, 0.1) is 25.4 Å². The number of aliphatic hydroxyl groups excluding tert-OH is 1. The fraction of sp³-hybridized carbons (Fsp3) is 0.444. The van der Waals surface area contributed by atoms with Crippen LogP contribution in [-0.4, -0.2) is 35.5 Å². The van der Waals surface area contributed by atoms with Crippen LogP contribution in [0.3, 0.4) is 0 Å². The van der Waals surface area contributed by atoms with E-state index in [4.69, 9.17) is 4.74 Å². The third-order valence-electron chi connectivity index (χ3n) is 2.18. The van der Waals surface area contributed by atoms with E-state index < -0.39 is 11.9 Å². The number of hydrogen-bond donors (Lipinski definition) is 2. The molecule has 2 N–H and O–H groups in total. The molecule has 1 aliphatic rings. The molecular formula is C9H10BrFN2O2. The quantitative estimate of drug-likeness (QED) is 0.851. The Bertz CT molecular complexity index is 364. The summed E-state index contributed by atoms with van der Waals surface area (Å²) in [5, 5.41) is 12.3. The minimum atomic E-state index is -0.616. The summed E-state index contributed by atoms with van der Waals surface area (Å²) in [6, 6.07) is 1.02. The number of nitrogens with zero attached hydrogens (tertiary/aromatic N) is 1. The number of aromatic nitrogens is 1. The van der Waals surface area contributed by atoms with Crippen LogP contribution in [0.1, 0.15) is 0 Å². The number of anilines is 1. The molecule has 6 heteroatoms. The standard InChI is InChI=1S/C9H10BrFN2O2/c10-5-1-6(11)9(12-2-5)13-7-3-15-4-8(7)14/h1-2,7-8,14H,3-4H2,(H,12,13). The van der Waals surface area contributed by atoms with E-state index in [0.29, 0.717) is 11.1 Å². The van der Waals surface area contributed by atoms with Gasteiger partial charge >= 0.3 is 0 Å². The minimum Gasteiger partial charge on any atom is -0.388 e. The Morgan fingerprint density at radius 2 is 2.40 bits per heavy atom. The van der Waals surface area contributed by atoms with Gasteiger partial charge in [0, 0.05) is 10.7 Å². The molecule has 1 aromatic rings. The van der Waals surface area contributed by atoms with E-state index in [1.165, 1.54) is 12.3 Å². The first-order chi connectivity index (χ1) is 7.16. The molecule has 0 radical (unpaired) electrons. The second kappa shape index (κ2) is 4.42. The summed E-state index contributed by atoms with van der Waals surface area (Å²) in [5.74, 6) is -0.323. The summed E-state index contributed by atoms with van der Waals surface area (Å²) in [6.07, 6.45) is 0.878. The summed E-state index contributed by atoms with van der Waals surface area (Å²) < 4.78 is 19.0. The fourth-order valence-electron chi connectivity index (χ4n) is 1.38. The first-order valence-corrected chi connectivity index (χ1v) is 5.29. The van der Waals surface area contributed by atoms with Crippen molar-refractivity contribution in [1.82, 2.24) is 4.98 Å². The molecule has 4 nitrogen and oxygen atoms in total. The molecule has 82 valence electrons. The minimum absolute atomic E-state index is 0.132. The molecule has 0 aliphatic carbocycles. The smallest absolute Gasteiger partial charge is 0.166 e. The Hall–Kier alpha value is -0.720. The van der Waals surface area contributed by atoms with Gasteiger partial charge in [0.15, 0.2) is 11.6 Å². The van der Waals surface area contributed by atoms with E-state index >= 15 is 0 Å². The monoisotopic (exact) mass is 276 g/mol. The van der Waals surface area contributed by atoms with Gasteiger partial charge in [0.25, 0.3) is 0 Å². The topological polar surface area (TPSA) is 54.4 Å². The molecule has 2 heterocycles. The van der Waals surface area contributed by atoms with Gasteiger partial charge in [-0.1, -0.05) is 0 Å². The van der Waals surface area contributed by atoms with Crippen LogP contribution in [0.2, 0.25) is 0 Å². The molecule has 0 bridgehead atoms. The van der Waals surface area contributed by atoms with Crippen molar-refractivity contribution in [3.8, 4) is 0 Å². The van der Waals surface area contributed by atoms with E-state index in [2.05, 4.69) is 26.2 Å². The van der Waals surface area contributed by atoms with Crippen LogP contribution in [0.15, 0.2) is 16.7 Å². The lowest BCUT2D eigenvalue weighted by Crippen LogP contribution is -2.32. The SMILES string of the molecule is OC1COCC1Nc1ncc(Br)cc1F. The molecule has 2 unspecified atom stereocenters. The molecule has 1 fully saturated rings. The van der Waals surface area contributed by atoms with Crippen LogP contribution < -0.4 is 5.32 Å². The highest BCUT2D eigenvalue weighted by atomic mass is 79.9. The van der Waals surface area contributed by atoms with Gasteiger partial charge in [0.1, 0.15) is 0 Å². The summed E-state index contributed by atoms with van der Waals surface area (Å²) in [5.41, 5.74) is 0. The number of rotatable bonds is 2. The van der Waals surface area contributed by atoms with Crippen LogP contribution in [0.5, 0.6) is 0 Å². The average Bonchev–Trinajstić information content (AvgIpc) is 2.57. The van der Waals surface area contributed by atoms with E-state index in [9.17, 15) is 9.50 Å². The number of ether oxygens (including phenoxy) is 1. The number of hydrogen-bond acceptors (Lipinski definition) is 4. The molecule has 2 rings (SSSR count). The van der Waals surface area contributed by atoms with Crippen LogP contribution in [0.25, 0.3) is 0 Å². The highest BCUT2D eigenvalue weighted by Gasteiger charge is 2.26. The molecule has 2 atom stereocenters. The van der Waals surface area contributed by atoms with Gasteiger partial charge in [-0.25, -0.2) is 9.37 Å². The Labute approximate surface area is 94.6 Å². The zero-order chi connectivity index (χ0) is 10.8. The highest BCUT2D eigenvalue weighted by molar-refractivity contribution is 9.10. The lowest BCUT2D eigenvalue weighted by atomic mass is 10.2. The van der Waals surface area contributed by atoms with Crippen LogP contribution in [0, 0.1) is 5.82 Å². The third kappa shape index (κ3) is 2.45. The van der Waals surface area contributed by atoms with Gasteiger partial charge in [-0.05, 0) is 22.0 Å². The van der Waals surface area contributed by atoms with Crippen molar-refractivity contribution in [3.63, 3.8) is 0 Å². The third-order valence-corrected chi connectivity index (χ3v) is 2.61. The van der Waals surface area contributed by atoms with E-state index in [-0.39, 0.29) is 18.5 Å². The first-order valence-electron chi connectivity index (χ1n) is 4.50. The number of halogens is 2. The first kappa shape index (κ1) is 10.8. The van der Waals surface area contributed by atoms with Gasteiger partial charge < -0.3 is 15.2 Å². The van der Waals surface area contributed by atoms with E-state index in [1.54, 1.807) is 0 Å². The Kier molecular flexibility index (Phi) is 3.18. The van der Waals surface area contributed by atoms with Crippen LogP contribution in [-0.2, 0) is 4.74 Å². The molecule has 0 aromatic carbocycles. The Morgan fingerprint density at radius 1 is 1.60 bits per heavy atom. The lowest BCUT2D eigenvalue weighted by Gasteiger charge is -2.15. The summed E-state index contributed by atoms with van der Waals surface area (Å²) in [7, 11) is 0. The Balaban J connectivity index is 2.10. The second-order valence-corrected chi connectivity index (χ2v) is 4.26. The highest BCUT2D eigenvalue weighted by Crippen LogP contribution is 2.18. The number of aliphatic hydroxyl groups is 1. The largest absolute Gasteiger partial charge is 0.388 e. The summed E-state index contributed by atoms with van der Waals surface area (Å²) >= 11 is 3.12. The number of nitrogens with one attached hydrogen (secondary N) is 1. The average molecular weight is 277 g/mol. The van der Waals surface area contributed by atoms with E-state index in [1.807, 2.05) is 0 Å². The normalized spacial score (nSPS) is 25.5. The molecule has 1 aromatic heterocycles. The zero-order valence-corrected chi connectivity index (χ0v) is 9.37. The van der Waals surface area contributed by atoms with Crippen LogP contribution >= 0.6 is 15.9 Å². The van der Waals surface area contributed by atoms with Crippen molar-refractivity contribution in [2.45, 2.75) is 12.1 Å². The fourth-order valence-corrected chi connectivity index (χ4v) is 1.68. The molecule has 0 amide bonds. The lowest BCUT2D eigenvalue weighted by molar-refractivity contribution is 0.125. The van der Waals surface area contributed by atoms with Gasteiger partial charge in [-0.2, -0.15) is 0 Å². The van der Waals surface area contributed by atoms with Crippen molar-refractivity contribution < 1.29 is 14.2 Å². The van der Waals surface area contributed by atoms with Gasteiger partial charge in [0.2, 0.25) is 0 Å². The van der Waals surface area contributed by atoms with E-state index in [0.717, 1.165) is 0 Å². The van der Waals surface area contributed by atoms with Crippen molar-refractivity contribution in [3.05, 3.63) is 22.6 Å². The maximum Gasteiger partial charge on any atom is 0.166 e. The van der Waals surface area contributed by atoms with Gasteiger partial charge in [-0.15, -0.1) is 0 Å². The number of pyridine rings is 1.